The van der Waals surface area contributed by atoms with Crippen molar-refractivity contribution in [3.05, 3.63) is 85.1 Å². The predicted molar refractivity (Wildman–Crippen MR) is 97.0 cm³/mol. The Balaban J connectivity index is 1.47. The minimum Gasteiger partial charge on any atom is -0.465 e. The van der Waals surface area contributed by atoms with Crippen LogP contribution in [0.2, 0.25) is 0 Å². The fourth-order valence-corrected chi connectivity index (χ4v) is 2.53. The third-order valence-corrected chi connectivity index (χ3v) is 3.75. The van der Waals surface area contributed by atoms with Gasteiger partial charge < -0.3 is 14.1 Å². The van der Waals surface area contributed by atoms with Gasteiger partial charge in [0.15, 0.2) is 0 Å². The normalized spacial score (nSPS) is 11.2. The van der Waals surface area contributed by atoms with Crippen molar-refractivity contribution in [1.82, 2.24) is 9.38 Å². The average molecular weight is 329 g/mol. The van der Waals surface area contributed by atoms with E-state index < -0.39 is 0 Å². The Labute approximate surface area is 144 Å². The fraction of sp³-hybridized carbons (Fsp3) is 0. The number of rotatable bonds is 4. The second kappa shape index (κ2) is 6.49. The van der Waals surface area contributed by atoms with Gasteiger partial charge in [0.2, 0.25) is 5.91 Å². The molecule has 0 aliphatic rings. The van der Waals surface area contributed by atoms with Crippen molar-refractivity contribution in [2.75, 3.05) is 5.32 Å². The lowest BCUT2D eigenvalue weighted by molar-refractivity contribution is -0.111. The summed E-state index contributed by atoms with van der Waals surface area (Å²) >= 11 is 0. The third kappa shape index (κ3) is 3.35. The van der Waals surface area contributed by atoms with Gasteiger partial charge in [-0.1, -0.05) is 18.2 Å². The third-order valence-electron chi connectivity index (χ3n) is 3.75. The second-order valence-corrected chi connectivity index (χ2v) is 5.51. The second-order valence-electron chi connectivity index (χ2n) is 5.51. The first-order valence-electron chi connectivity index (χ1n) is 7.85. The van der Waals surface area contributed by atoms with Gasteiger partial charge in [-0.3, -0.25) is 4.79 Å². The molecular weight excluding hydrogens is 314 g/mol. The number of imidazole rings is 1. The van der Waals surface area contributed by atoms with Gasteiger partial charge in [-0.25, -0.2) is 4.98 Å². The molecule has 0 aliphatic carbocycles. The summed E-state index contributed by atoms with van der Waals surface area (Å²) in [6, 6.07) is 17.0. The summed E-state index contributed by atoms with van der Waals surface area (Å²) in [7, 11) is 0. The maximum atomic E-state index is 11.9. The van der Waals surface area contributed by atoms with Gasteiger partial charge in [-0.2, -0.15) is 0 Å². The molecule has 1 amide bonds. The van der Waals surface area contributed by atoms with E-state index in [-0.39, 0.29) is 5.91 Å². The largest absolute Gasteiger partial charge is 0.465 e. The average Bonchev–Trinajstić information content (AvgIpc) is 3.30. The molecule has 5 nitrogen and oxygen atoms in total. The van der Waals surface area contributed by atoms with E-state index in [9.17, 15) is 4.79 Å². The topological polar surface area (TPSA) is 59.5 Å². The molecule has 0 fully saturated rings. The predicted octanol–water partition coefficient (Wildman–Crippen LogP) is 4.25. The highest BCUT2D eigenvalue weighted by Gasteiger charge is 2.05. The summed E-state index contributed by atoms with van der Waals surface area (Å²) in [5.74, 6) is 0.425. The standard InChI is InChI=1S/C20H15N3O2/c24-20(11-10-17-4-3-13-25-17)21-16-8-6-15(7-9-16)18-14-23-12-2-1-5-19(23)22-18/h1-14H,(H,21,24)/b11-10+. The first-order chi connectivity index (χ1) is 12.3. The molecule has 0 bridgehead atoms. The molecule has 3 aromatic heterocycles. The zero-order valence-corrected chi connectivity index (χ0v) is 13.3. The lowest BCUT2D eigenvalue weighted by Crippen LogP contribution is -2.07. The number of aromatic nitrogens is 2. The van der Waals surface area contributed by atoms with Gasteiger partial charge in [-0.15, -0.1) is 0 Å². The summed E-state index contributed by atoms with van der Waals surface area (Å²) < 4.78 is 7.12. The van der Waals surface area contributed by atoms with Crippen molar-refractivity contribution in [1.29, 1.82) is 0 Å². The van der Waals surface area contributed by atoms with E-state index in [4.69, 9.17) is 4.42 Å². The summed E-state index contributed by atoms with van der Waals surface area (Å²) in [5.41, 5.74) is 3.51. The summed E-state index contributed by atoms with van der Waals surface area (Å²) in [4.78, 5) is 16.5. The van der Waals surface area contributed by atoms with Crippen LogP contribution >= 0.6 is 0 Å². The Morgan fingerprint density at radius 2 is 1.96 bits per heavy atom. The molecule has 1 aromatic carbocycles. The van der Waals surface area contributed by atoms with Crippen LogP contribution in [0.25, 0.3) is 23.0 Å². The molecule has 4 rings (SSSR count). The SMILES string of the molecule is O=C(/C=C/c1ccco1)Nc1ccc(-c2cn3ccccc3n2)cc1. The van der Waals surface area contributed by atoms with E-state index in [1.165, 1.54) is 6.08 Å². The van der Waals surface area contributed by atoms with Crippen molar-refractivity contribution in [2.24, 2.45) is 0 Å². The Morgan fingerprint density at radius 1 is 1.08 bits per heavy atom. The molecule has 0 saturated heterocycles. The van der Waals surface area contributed by atoms with Crippen molar-refractivity contribution < 1.29 is 9.21 Å². The van der Waals surface area contributed by atoms with Crippen molar-refractivity contribution >= 4 is 23.3 Å². The van der Waals surface area contributed by atoms with E-state index in [0.29, 0.717) is 5.76 Å². The van der Waals surface area contributed by atoms with Gasteiger partial charge in [-0.05, 0) is 42.5 Å². The minimum atomic E-state index is -0.211. The molecular formula is C20H15N3O2. The fourth-order valence-electron chi connectivity index (χ4n) is 2.53. The number of carbonyl (C=O) groups excluding carboxylic acids is 1. The maximum Gasteiger partial charge on any atom is 0.248 e. The van der Waals surface area contributed by atoms with Crippen LogP contribution < -0.4 is 5.32 Å². The number of anilines is 1. The lowest BCUT2D eigenvalue weighted by Gasteiger charge is -2.03. The van der Waals surface area contributed by atoms with E-state index in [0.717, 1.165) is 22.6 Å². The van der Waals surface area contributed by atoms with Gasteiger partial charge >= 0.3 is 0 Å². The van der Waals surface area contributed by atoms with Crippen LogP contribution in [0, 0.1) is 0 Å². The number of hydrogen-bond donors (Lipinski definition) is 1. The zero-order valence-electron chi connectivity index (χ0n) is 13.3. The maximum absolute atomic E-state index is 11.9. The molecule has 0 unspecified atom stereocenters. The molecule has 4 aromatic rings. The highest BCUT2D eigenvalue weighted by atomic mass is 16.3. The number of carbonyl (C=O) groups is 1. The van der Waals surface area contributed by atoms with Crippen LogP contribution in [0.5, 0.6) is 0 Å². The van der Waals surface area contributed by atoms with Crippen LogP contribution in [0.1, 0.15) is 5.76 Å². The van der Waals surface area contributed by atoms with Crippen LogP contribution in [0.15, 0.2) is 83.7 Å². The van der Waals surface area contributed by atoms with Crippen molar-refractivity contribution in [3.8, 4) is 11.3 Å². The number of amides is 1. The Kier molecular flexibility index (Phi) is 3.88. The van der Waals surface area contributed by atoms with E-state index in [2.05, 4.69) is 10.3 Å². The number of furan rings is 1. The van der Waals surface area contributed by atoms with Gasteiger partial charge in [0.1, 0.15) is 11.4 Å². The number of pyridine rings is 1. The van der Waals surface area contributed by atoms with Crippen LogP contribution in [-0.2, 0) is 4.79 Å². The van der Waals surface area contributed by atoms with Crippen LogP contribution in [-0.4, -0.2) is 15.3 Å². The van der Waals surface area contributed by atoms with Gasteiger partial charge in [0, 0.05) is 29.7 Å². The van der Waals surface area contributed by atoms with Crippen LogP contribution in [0.3, 0.4) is 0 Å². The number of hydrogen-bond acceptors (Lipinski definition) is 3. The number of nitrogens with zero attached hydrogens (tertiary/aromatic N) is 2. The smallest absolute Gasteiger partial charge is 0.248 e. The van der Waals surface area contributed by atoms with Gasteiger partial charge in [0.25, 0.3) is 0 Å². The van der Waals surface area contributed by atoms with E-state index >= 15 is 0 Å². The van der Waals surface area contributed by atoms with Gasteiger partial charge in [0.05, 0.1) is 12.0 Å². The highest BCUT2D eigenvalue weighted by Crippen LogP contribution is 2.21. The number of fused-ring (bicyclic) bond motifs is 1. The number of benzene rings is 1. The zero-order chi connectivity index (χ0) is 17.1. The summed E-state index contributed by atoms with van der Waals surface area (Å²) in [6.07, 6.45) is 8.58. The minimum absolute atomic E-state index is 0.211. The highest BCUT2D eigenvalue weighted by molar-refractivity contribution is 6.01. The molecule has 122 valence electrons. The lowest BCUT2D eigenvalue weighted by atomic mass is 10.1. The molecule has 0 atom stereocenters. The molecule has 0 aliphatic heterocycles. The van der Waals surface area contributed by atoms with E-state index in [1.807, 2.05) is 59.3 Å². The monoisotopic (exact) mass is 329 g/mol. The molecule has 0 spiro atoms. The van der Waals surface area contributed by atoms with E-state index in [1.54, 1.807) is 24.5 Å². The Bertz CT molecular complexity index is 995. The molecule has 1 N–H and O–H groups in total. The molecule has 3 heterocycles. The van der Waals surface area contributed by atoms with Crippen LogP contribution in [0.4, 0.5) is 5.69 Å². The van der Waals surface area contributed by atoms with Crippen molar-refractivity contribution in [3.63, 3.8) is 0 Å². The molecule has 25 heavy (non-hydrogen) atoms. The first kappa shape index (κ1) is 15.0. The number of nitrogens with one attached hydrogen (secondary N) is 1. The Morgan fingerprint density at radius 3 is 2.72 bits per heavy atom. The summed E-state index contributed by atoms with van der Waals surface area (Å²) in [5, 5.41) is 2.82. The quantitative estimate of drug-likeness (QED) is 0.570. The van der Waals surface area contributed by atoms with Crippen molar-refractivity contribution in [2.45, 2.75) is 0 Å². The molecule has 0 saturated carbocycles. The molecule has 0 radical (unpaired) electrons. The summed E-state index contributed by atoms with van der Waals surface area (Å²) in [6.45, 7) is 0. The molecule has 5 heteroatoms. The first-order valence-corrected chi connectivity index (χ1v) is 7.85. The Hall–Kier alpha value is -3.60.